The van der Waals surface area contributed by atoms with Crippen molar-refractivity contribution < 1.29 is 4.74 Å². The van der Waals surface area contributed by atoms with E-state index in [1.165, 1.54) is 5.56 Å². The lowest BCUT2D eigenvalue weighted by Crippen LogP contribution is -2.16. The minimum Gasteiger partial charge on any atom is -0.491 e. The van der Waals surface area contributed by atoms with Gasteiger partial charge in [0, 0.05) is 18.8 Å². The Kier molecular flexibility index (Phi) is 6.62. The van der Waals surface area contributed by atoms with E-state index in [1.807, 2.05) is 56.3 Å². The van der Waals surface area contributed by atoms with Gasteiger partial charge in [-0.05, 0) is 54.1 Å². The predicted octanol–water partition coefficient (Wildman–Crippen LogP) is 3.33. The van der Waals surface area contributed by atoms with E-state index in [9.17, 15) is 0 Å². The quantitative estimate of drug-likeness (QED) is 0.461. The Balaban J connectivity index is 1.42. The van der Waals surface area contributed by atoms with Crippen LogP contribution in [0.25, 0.3) is 5.69 Å². The average Bonchev–Trinajstić information content (AvgIpc) is 3.12. The predicted molar refractivity (Wildman–Crippen MR) is 104 cm³/mol. The second-order valence-electron chi connectivity index (χ2n) is 6.04. The molecule has 0 spiro atoms. The molecule has 0 bridgehead atoms. The van der Waals surface area contributed by atoms with Gasteiger partial charge in [0.25, 0.3) is 0 Å². The number of tetrazole rings is 1. The molecule has 1 heterocycles. The maximum atomic E-state index is 5.66. The number of nitrogens with zero attached hydrogens (tertiary/aromatic N) is 4. The minimum atomic E-state index is 0.198. The molecule has 1 aromatic heterocycles. The summed E-state index contributed by atoms with van der Waals surface area (Å²) < 4.78 is 7.42. The van der Waals surface area contributed by atoms with Crippen LogP contribution in [0.4, 0.5) is 0 Å². The van der Waals surface area contributed by atoms with Gasteiger partial charge in [-0.3, -0.25) is 0 Å². The van der Waals surface area contributed by atoms with Crippen molar-refractivity contribution in [3.05, 3.63) is 60.2 Å². The van der Waals surface area contributed by atoms with Crippen LogP contribution in [0.3, 0.4) is 0 Å². The maximum Gasteiger partial charge on any atom is 0.214 e. The van der Waals surface area contributed by atoms with E-state index in [0.29, 0.717) is 0 Å². The third kappa shape index (κ3) is 5.31. The van der Waals surface area contributed by atoms with Crippen molar-refractivity contribution in [2.45, 2.75) is 31.7 Å². The molecule has 3 aromatic rings. The number of aromatic nitrogens is 4. The first-order chi connectivity index (χ1) is 12.7. The third-order valence-corrected chi connectivity index (χ3v) is 4.50. The first-order valence-corrected chi connectivity index (χ1v) is 9.64. The number of hydrogen-bond acceptors (Lipinski definition) is 6. The zero-order chi connectivity index (χ0) is 18.2. The normalized spacial score (nSPS) is 11.0. The van der Waals surface area contributed by atoms with Gasteiger partial charge < -0.3 is 10.1 Å². The molecule has 0 amide bonds. The summed E-state index contributed by atoms with van der Waals surface area (Å²) in [5, 5.41) is 16.2. The molecule has 0 aliphatic rings. The van der Waals surface area contributed by atoms with Crippen LogP contribution in [0.5, 0.6) is 5.75 Å². The second kappa shape index (κ2) is 9.35. The molecule has 6 nitrogen and oxygen atoms in total. The number of para-hydroxylation sites is 1. The standard InChI is InChI=1S/C19H23N5OS/c1-15(2)25-18-10-8-16(9-11-18)14-20-12-13-26-19-21-22-23-24(19)17-6-4-3-5-7-17/h3-11,15,20H,12-14H2,1-2H3. The lowest BCUT2D eigenvalue weighted by Gasteiger charge is -2.10. The molecular formula is C19H23N5OS. The molecule has 1 N–H and O–H groups in total. The van der Waals surface area contributed by atoms with Gasteiger partial charge in [-0.15, -0.1) is 5.10 Å². The number of benzene rings is 2. The summed E-state index contributed by atoms with van der Waals surface area (Å²) in [6, 6.07) is 18.1. The molecule has 0 saturated heterocycles. The van der Waals surface area contributed by atoms with Crippen molar-refractivity contribution in [2.75, 3.05) is 12.3 Å². The summed E-state index contributed by atoms with van der Waals surface area (Å²) in [4.78, 5) is 0. The van der Waals surface area contributed by atoms with Crippen molar-refractivity contribution in [3.8, 4) is 11.4 Å². The van der Waals surface area contributed by atoms with Crippen LogP contribution in [0.2, 0.25) is 0 Å². The molecule has 0 atom stereocenters. The van der Waals surface area contributed by atoms with E-state index in [1.54, 1.807) is 16.4 Å². The third-order valence-electron chi connectivity index (χ3n) is 3.58. The zero-order valence-corrected chi connectivity index (χ0v) is 15.8. The van der Waals surface area contributed by atoms with E-state index in [0.717, 1.165) is 35.4 Å². The van der Waals surface area contributed by atoms with Crippen LogP contribution in [0, 0.1) is 0 Å². The SMILES string of the molecule is CC(C)Oc1ccc(CNCCSc2nnnn2-c2ccccc2)cc1. The molecule has 0 aliphatic carbocycles. The summed E-state index contributed by atoms with van der Waals surface area (Å²) in [5.74, 6) is 1.80. The van der Waals surface area contributed by atoms with Gasteiger partial charge in [0.2, 0.25) is 5.16 Å². The second-order valence-corrected chi connectivity index (χ2v) is 7.11. The Hall–Kier alpha value is -2.38. The molecule has 7 heteroatoms. The fraction of sp³-hybridized carbons (Fsp3) is 0.316. The fourth-order valence-corrected chi connectivity index (χ4v) is 3.19. The smallest absolute Gasteiger partial charge is 0.214 e. The summed E-state index contributed by atoms with van der Waals surface area (Å²) in [7, 11) is 0. The largest absolute Gasteiger partial charge is 0.491 e. The Morgan fingerprint density at radius 1 is 1.08 bits per heavy atom. The van der Waals surface area contributed by atoms with Crippen LogP contribution in [-0.2, 0) is 6.54 Å². The Labute approximate surface area is 158 Å². The number of rotatable bonds is 9. The lowest BCUT2D eigenvalue weighted by molar-refractivity contribution is 0.242. The molecule has 0 saturated carbocycles. The highest BCUT2D eigenvalue weighted by molar-refractivity contribution is 7.99. The van der Waals surface area contributed by atoms with Crippen molar-refractivity contribution in [3.63, 3.8) is 0 Å². The molecule has 0 unspecified atom stereocenters. The highest BCUT2D eigenvalue weighted by Gasteiger charge is 2.08. The molecule has 3 rings (SSSR count). The number of ether oxygens (including phenoxy) is 1. The molecule has 0 radical (unpaired) electrons. The molecule has 2 aromatic carbocycles. The van der Waals surface area contributed by atoms with Crippen LogP contribution < -0.4 is 10.1 Å². The number of hydrogen-bond donors (Lipinski definition) is 1. The topological polar surface area (TPSA) is 64.9 Å². The van der Waals surface area contributed by atoms with Crippen molar-refractivity contribution in [1.29, 1.82) is 0 Å². The van der Waals surface area contributed by atoms with E-state index < -0.39 is 0 Å². The van der Waals surface area contributed by atoms with Gasteiger partial charge in [-0.2, -0.15) is 4.68 Å². The zero-order valence-electron chi connectivity index (χ0n) is 15.0. The van der Waals surface area contributed by atoms with Gasteiger partial charge in [0.1, 0.15) is 5.75 Å². The van der Waals surface area contributed by atoms with E-state index in [-0.39, 0.29) is 6.10 Å². The average molecular weight is 369 g/mol. The molecular weight excluding hydrogens is 346 g/mol. The first kappa shape index (κ1) is 18.4. The Bertz CT molecular complexity index is 789. The van der Waals surface area contributed by atoms with Gasteiger partial charge >= 0.3 is 0 Å². The maximum absolute atomic E-state index is 5.66. The minimum absolute atomic E-state index is 0.198. The van der Waals surface area contributed by atoms with Crippen LogP contribution in [0.1, 0.15) is 19.4 Å². The fourth-order valence-electron chi connectivity index (χ4n) is 2.41. The van der Waals surface area contributed by atoms with E-state index in [4.69, 9.17) is 4.74 Å². The lowest BCUT2D eigenvalue weighted by atomic mass is 10.2. The summed E-state index contributed by atoms with van der Waals surface area (Å²) >= 11 is 1.64. The van der Waals surface area contributed by atoms with Crippen LogP contribution in [-0.4, -0.2) is 38.6 Å². The highest BCUT2D eigenvalue weighted by Crippen LogP contribution is 2.17. The van der Waals surface area contributed by atoms with Gasteiger partial charge in [-0.25, -0.2) is 0 Å². The monoisotopic (exact) mass is 369 g/mol. The molecule has 26 heavy (non-hydrogen) atoms. The summed E-state index contributed by atoms with van der Waals surface area (Å²) in [6.07, 6.45) is 0.198. The van der Waals surface area contributed by atoms with E-state index >= 15 is 0 Å². The molecule has 0 fully saturated rings. The van der Waals surface area contributed by atoms with Gasteiger partial charge in [-0.1, -0.05) is 42.1 Å². The summed E-state index contributed by atoms with van der Waals surface area (Å²) in [5.41, 5.74) is 2.21. The van der Waals surface area contributed by atoms with Crippen molar-refractivity contribution in [2.24, 2.45) is 0 Å². The molecule has 0 aliphatic heterocycles. The van der Waals surface area contributed by atoms with Gasteiger partial charge in [0.15, 0.2) is 0 Å². The van der Waals surface area contributed by atoms with Crippen molar-refractivity contribution in [1.82, 2.24) is 25.5 Å². The van der Waals surface area contributed by atoms with Gasteiger partial charge in [0.05, 0.1) is 11.8 Å². The van der Waals surface area contributed by atoms with E-state index in [2.05, 4.69) is 33.0 Å². The Morgan fingerprint density at radius 3 is 2.58 bits per heavy atom. The van der Waals surface area contributed by atoms with Crippen LogP contribution >= 0.6 is 11.8 Å². The van der Waals surface area contributed by atoms with Crippen molar-refractivity contribution >= 4 is 11.8 Å². The number of thioether (sulfide) groups is 1. The first-order valence-electron chi connectivity index (χ1n) is 8.65. The van der Waals surface area contributed by atoms with Crippen LogP contribution in [0.15, 0.2) is 59.8 Å². The highest BCUT2D eigenvalue weighted by atomic mass is 32.2. The summed E-state index contributed by atoms with van der Waals surface area (Å²) in [6.45, 7) is 5.76. The number of nitrogens with one attached hydrogen (secondary N) is 1. The molecule has 136 valence electrons. The Morgan fingerprint density at radius 2 is 1.85 bits per heavy atom.